The summed E-state index contributed by atoms with van der Waals surface area (Å²) in [5.74, 6) is -2.49. The van der Waals surface area contributed by atoms with Gasteiger partial charge in [0.1, 0.15) is 12.1 Å². The van der Waals surface area contributed by atoms with Gasteiger partial charge in [0.25, 0.3) is 0 Å². The fourth-order valence-electron chi connectivity index (χ4n) is 2.66. The molecule has 2 aromatic rings. The van der Waals surface area contributed by atoms with E-state index in [1.807, 2.05) is 24.3 Å². The Balaban J connectivity index is 0.000000701. The fourth-order valence-corrected chi connectivity index (χ4v) is 2.66. The Morgan fingerprint density at radius 2 is 1.74 bits per heavy atom. The zero-order valence-electron chi connectivity index (χ0n) is 17.5. The third-order valence-electron chi connectivity index (χ3n) is 4.41. The summed E-state index contributed by atoms with van der Waals surface area (Å²) < 4.78 is 0. The Hall–Kier alpha value is -2.99. The van der Waals surface area contributed by atoms with E-state index in [0.29, 0.717) is 13.0 Å². The molecule has 11 nitrogen and oxygen atoms in total. The van der Waals surface area contributed by atoms with Crippen molar-refractivity contribution in [1.29, 1.82) is 0 Å². The van der Waals surface area contributed by atoms with Crippen LogP contribution in [-0.2, 0) is 20.8 Å². The van der Waals surface area contributed by atoms with Crippen LogP contribution in [0, 0.1) is 0 Å². The molecule has 174 valence electrons. The number of carbonyl (C=O) groups excluding carboxylic acids is 1. The molecule has 0 saturated heterocycles. The molecule has 3 atom stereocenters. The van der Waals surface area contributed by atoms with Gasteiger partial charge in [-0.25, -0.2) is 4.79 Å². The minimum atomic E-state index is -1.08. The second-order valence-corrected chi connectivity index (χ2v) is 6.98. The summed E-state index contributed by atoms with van der Waals surface area (Å²) in [5, 5.41) is 20.9. The Morgan fingerprint density at radius 1 is 1.10 bits per heavy atom. The van der Waals surface area contributed by atoms with Crippen LogP contribution in [0.4, 0.5) is 0 Å². The van der Waals surface area contributed by atoms with Gasteiger partial charge in [0, 0.05) is 23.5 Å². The van der Waals surface area contributed by atoms with E-state index < -0.39 is 36.0 Å². The number of para-hydroxylation sites is 1. The fraction of sp³-hybridized carbons (Fsp3) is 0.450. The van der Waals surface area contributed by atoms with Crippen LogP contribution in [0.1, 0.15) is 31.7 Å². The Morgan fingerprint density at radius 3 is 2.29 bits per heavy atom. The zero-order chi connectivity index (χ0) is 22.7. The number of hydrogen-bond acceptors (Lipinski definition) is 6. The van der Waals surface area contributed by atoms with Crippen LogP contribution >= 0.6 is 0 Å². The molecule has 0 saturated carbocycles. The maximum Gasteiger partial charge on any atom is 0.326 e. The molecule has 1 heterocycles. The highest BCUT2D eigenvalue weighted by Gasteiger charge is 2.23. The summed E-state index contributed by atoms with van der Waals surface area (Å²) in [4.78, 5) is 36.0. The van der Waals surface area contributed by atoms with Gasteiger partial charge < -0.3 is 43.2 Å². The first-order valence-corrected chi connectivity index (χ1v) is 9.69. The van der Waals surface area contributed by atoms with Gasteiger partial charge in [-0.05, 0) is 37.9 Å². The van der Waals surface area contributed by atoms with Crippen LogP contribution in [0.3, 0.4) is 0 Å². The number of carbonyl (C=O) groups is 3. The number of carboxylic acids is 2. The standard InChI is InChI=1S/C14H17N3O3.C6H14N2O2.H2O/c1-8(15)13(18)17-12(14(19)20)6-9-7-16-11-5-3-2-4-10(9)11;7-4-2-1-3-5(8)6(9)10;/h2-5,7-8,12,16H,6,15H2,1H3,(H,17,18)(H,19,20);5H,1-4,7-8H2,(H,9,10);1H2/t8-,12+;5-;/m10./s1. The molecule has 0 aliphatic rings. The van der Waals surface area contributed by atoms with Gasteiger partial charge in [-0.1, -0.05) is 24.6 Å². The van der Waals surface area contributed by atoms with Crippen LogP contribution in [-0.4, -0.2) is 63.2 Å². The molecule has 11 heteroatoms. The predicted molar refractivity (Wildman–Crippen MR) is 117 cm³/mol. The number of H-pyrrole nitrogens is 1. The lowest BCUT2D eigenvalue weighted by molar-refractivity contribution is -0.142. The van der Waals surface area contributed by atoms with Crippen molar-refractivity contribution in [3.63, 3.8) is 0 Å². The molecule has 2 rings (SSSR count). The number of aromatic nitrogens is 1. The average molecular weight is 440 g/mol. The van der Waals surface area contributed by atoms with Gasteiger partial charge in [0.2, 0.25) is 5.91 Å². The predicted octanol–water partition coefficient (Wildman–Crippen LogP) is -0.670. The van der Waals surface area contributed by atoms with Gasteiger partial charge in [-0.2, -0.15) is 0 Å². The number of aromatic amines is 1. The molecule has 1 aromatic carbocycles. The molecule has 0 aliphatic carbocycles. The van der Waals surface area contributed by atoms with Gasteiger partial charge in [0.15, 0.2) is 0 Å². The number of unbranched alkanes of at least 4 members (excludes halogenated alkanes) is 1. The number of nitrogens with two attached hydrogens (primary N) is 3. The number of hydrogen-bond donors (Lipinski definition) is 7. The van der Waals surface area contributed by atoms with Crippen molar-refractivity contribution in [3.05, 3.63) is 36.0 Å². The average Bonchev–Trinajstić information content (AvgIpc) is 3.10. The second kappa shape index (κ2) is 14.1. The molecule has 31 heavy (non-hydrogen) atoms. The molecule has 0 radical (unpaired) electrons. The molecular formula is C20H33N5O6. The smallest absolute Gasteiger partial charge is 0.326 e. The SMILES string of the molecule is C[C@@H](N)C(=O)N[C@@H](Cc1c[nH]c2ccccc12)C(=O)O.NCCCC[C@H](N)C(=O)O.O. The summed E-state index contributed by atoms with van der Waals surface area (Å²) >= 11 is 0. The van der Waals surface area contributed by atoms with Crippen LogP contribution in [0.5, 0.6) is 0 Å². The highest BCUT2D eigenvalue weighted by molar-refractivity contribution is 5.88. The third-order valence-corrected chi connectivity index (χ3v) is 4.41. The van der Waals surface area contributed by atoms with E-state index in [0.717, 1.165) is 29.3 Å². The maximum atomic E-state index is 11.5. The lowest BCUT2D eigenvalue weighted by atomic mass is 10.0. The third kappa shape index (κ3) is 9.57. The van der Waals surface area contributed by atoms with Crippen molar-refractivity contribution < 1.29 is 30.1 Å². The van der Waals surface area contributed by atoms with Gasteiger partial charge >= 0.3 is 11.9 Å². The topological polar surface area (TPSA) is 229 Å². The molecule has 0 fully saturated rings. The normalized spacial score (nSPS) is 13.2. The van der Waals surface area contributed by atoms with Crippen LogP contribution in [0.25, 0.3) is 10.9 Å². The van der Waals surface area contributed by atoms with E-state index in [1.54, 1.807) is 6.20 Å². The van der Waals surface area contributed by atoms with Crippen molar-refractivity contribution >= 4 is 28.7 Å². The molecule has 0 spiro atoms. The number of fused-ring (bicyclic) bond motifs is 1. The largest absolute Gasteiger partial charge is 0.480 e. The molecule has 1 amide bonds. The highest BCUT2D eigenvalue weighted by Crippen LogP contribution is 2.19. The Labute approximate surface area is 180 Å². The van der Waals surface area contributed by atoms with Crippen LogP contribution in [0.15, 0.2) is 30.5 Å². The van der Waals surface area contributed by atoms with Crippen LogP contribution < -0.4 is 22.5 Å². The molecular weight excluding hydrogens is 406 g/mol. The van der Waals surface area contributed by atoms with Gasteiger partial charge in [-0.15, -0.1) is 0 Å². The number of carboxylic acid groups (broad SMARTS) is 2. The number of aliphatic carboxylic acids is 2. The van der Waals surface area contributed by atoms with E-state index in [9.17, 15) is 19.5 Å². The molecule has 0 aliphatic heterocycles. The quantitative estimate of drug-likeness (QED) is 0.234. The summed E-state index contributed by atoms with van der Waals surface area (Å²) in [6.45, 7) is 2.12. The maximum absolute atomic E-state index is 11.5. The van der Waals surface area contributed by atoms with E-state index in [-0.39, 0.29) is 11.9 Å². The number of rotatable bonds is 10. The molecule has 1 aromatic heterocycles. The van der Waals surface area contributed by atoms with Crippen LogP contribution in [0.2, 0.25) is 0 Å². The van der Waals surface area contributed by atoms with E-state index in [1.165, 1.54) is 6.92 Å². The van der Waals surface area contributed by atoms with E-state index in [4.69, 9.17) is 22.3 Å². The van der Waals surface area contributed by atoms with Crippen molar-refractivity contribution in [1.82, 2.24) is 10.3 Å². The summed E-state index contributed by atoms with van der Waals surface area (Å²) in [6, 6.07) is 5.16. The summed E-state index contributed by atoms with van der Waals surface area (Å²) in [5.41, 5.74) is 17.6. The summed E-state index contributed by atoms with van der Waals surface area (Å²) in [6.07, 6.45) is 4.13. The minimum Gasteiger partial charge on any atom is -0.480 e. The van der Waals surface area contributed by atoms with Crippen molar-refractivity contribution in [2.24, 2.45) is 17.2 Å². The Bertz CT molecular complexity index is 838. The first-order valence-electron chi connectivity index (χ1n) is 9.69. The van der Waals surface area contributed by atoms with E-state index >= 15 is 0 Å². The Kier molecular flexibility index (Phi) is 12.7. The van der Waals surface area contributed by atoms with Crippen molar-refractivity contribution in [2.75, 3.05) is 6.54 Å². The zero-order valence-corrected chi connectivity index (χ0v) is 17.5. The lowest BCUT2D eigenvalue weighted by Crippen LogP contribution is -2.48. The highest BCUT2D eigenvalue weighted by atomic mass is 16.4. The lowest BCUT2D eigenvalue weighted by Gasteiger charge is -2.15. The first kappa shape index (κ1) is 28.0. The van der Waals surface area contributed by atoms with E-state index in [2.05, 4.69) is 10.3 Å². The number of benzene rings is 1. The molecule has 0 unspecified atom stereocenters. The number of amides is 1. The van der Waals surface area contributed by atoms with Crippen molar-refractivity contribution in [2.45, 2.75) is 50.7 Å². The minimum absolute atomic E-state index is 0. The monoisotopic (exact) mass is 439 g/mol. The van der Waals surface area contributed by atoms with Crippen molar-refractivity contribution in [3.8, 4) is 0 Å². The summed E-state index contributed by atoms with van der Waals surface area (Å²) in [7, 11) is 0. The molecule has 12 N–H and O–H groups in total. The second-order valence-electron chi connectivity index (χ2n) is 6.98. The van der Waals surface area contributed by atoms with Gasteiger partial charge in [-0.3, -0.25) is 9.59 Å². The molecule has 0 bridgehead atoms. The first-order chi connectivity index (χ1) is 14.2. The number of nitrogens with one attached hydrogen (secondary N) is 2. The van der Waals surface area contributed by atoms with Gasteiger partial charge in [0.05, 0.1) is 6.04 Å².